The van der Waals surface area contributed by atoms with E-state index in [9.17, 15) is 5.11 Å². The molecule has 6 heteroatoms. The monoisotopic (exact) mass is 409 g/mol. The Labute approximate surface area is 180 Å². The number of aliphatic hydroxyl groups is 1. The molecule has 2 aromatic carbocycles. The van der Waals surface area contributed by atoms with Crippen LogP contribution >= 0.6 is 0 Å². The topological polar surface area (TPSA) is 63.1 Å². The zero-order valence-electron chi connectivity index (χ0n) is 18.0. The van der Waals surface area contributed by atoms with Gasteiger partial charge in [-0.2, -0.15) is 0 Å². The molecule has 0 aliphatic carbocycles. The van der Waals surface area contributed by atoms with Crippen molar-refractivity contribution >= 4 is 5.96 Å². The Morgan fingerprint density at radius 3 is 2.20 bits per heavy atom. The molecule has 162 valence electrons. The van der Waals surface area contributed by atoms with Crippen LogP contribution in [0.5, 0.6) is 0 Å². The summed E-state index contributed by atoms with van der Waals surface area (Å²) < 4.78 is 0. The van der Waals surface area contributed by atoms with Crippen LogP contribution in [0.1, 0.15) is 17.0 Å². The van der Waals surface area contributed by atoms with Crippen molar-refractivity contribution in [3.63, 3.8) is 0 Å². The van der Waals surface area contributed by atoms with Gasteiger partial charge in [0.2, 0.25) is 0 Å². The molecule has 0 amide bonds. The third-order valence-electron chi connectivity index (χ3n) is 5.67. The average molecular weight is 410 g/mol. The summed E-state index contributed by atoms with van der Waals surface area (Å²) in [5.74, 6) is 0.842. The summed E-state index contributed by atoms with van der Waals surface area (Å²) in [6.07, 6.45) is 0. The molecule has 1 aliphatic rings. The van der Waals surface area contributed by atoms with Gasteiger partial charge in [-0.05, 0) is 11.1 Å². The van der Waals surface area contributed by atoms with E-state index in [0.717, 1.165) is 57.3 Å². The minimum absolute atomic E-state index is 0.0578. The summed E-state index contributed by atoms with van der Waals surface area (Å²) in [5.41, 5.74) is 2.52. The molecule has 1 atom stereocenters. The molecule has 1 fully saturated rings. The lowest BCUT2D eigenvalue weighted by atomic mass is 10.0. The lowest BCUT2D eigenvalue weighted by molar-refractivity contribution is 0.129. The number of piperazine rings is 1. The van der Waals surface area contributed by atoms with Crippen LogP contribution < -0.4 is 10.6 Å². The number of aliphatic hydroxyl groups excluding tert-OH is 1. The lowest BCUT2D eigenvalue weighted by Gasteiger charge is -2.34. The van der Waals surface area contributed by atoms with Crippen LogP contribution in [0.2, 0.25) is 0 Å². The van der Waals surface area contributed by atoms with Crippen LogP contribution in [-0.4, -0.2) is 80.3 Å². The third-order valence-corrected chi connectivity index (χ3v) is 5.67. The largest absolute Gasteiger partial charge is 0.396 e. The molecule has 0 saturated carbocycles. The van der Waals surface area contributed by atoms with Gasteiger partial charge < -0.3 is 15.7 Å². The smallest absolute Gasteiger partial charge is 0.191 e. The number of benzene rings is 2. The van der Waals surface area contributed by atoms with Gasteiger partial charge in [0.15, 0.2) is 5.96 Å². The lowest BCUT2D eigenvalue weighted by Crippen LogP contribution is -2.49. The second-order valence-electron chi connectivity index (χ2n) is 7.77. The normalized spacial score (nSPS) is 16.9. The Balaban J connectivity index is 1.33. The maximum Gasteiger partial charge on any atom is 0.191 e. The van der Waals surface area contributed by atoms with Crippen LogP contribution in [0.3, 0.4) is 0 Å². The van der Waals surface area contributed by atoms with Gasteiger partial charge in [-0.3, -0.25) is 14.8 Å². The van der Waals surface area contributed by atoms with Crippen molar-refractivity contribution in [1.29, 1.82) is 0 Å². The predicted molar refractivity (Wildman–Crippen MR) is 124 cm³/mol. The van der Waals surface area contributed by atoms with Gasteiger partial charge >= 0.3 is 0 Å². The summed E-state index contributed by atoms with van der Waals surface area (Å²) in [6, 6.07) is 20.8. The number of hydrogen-bond donors (Lipinski definition) is 3. The molecule has 1 aliphatic heterocycles. The Hall–Kier alpha value is -2.41. The minimum Gasteiger partial charge on any atom is -0.396 e. The molecule has 1 unspecified atom stereocenters. The number of hydrogen-bond acceptors (Lipinski definition) is 4. The fourth-order valence-electron chi connectivity index (χ4n) is 3.80. The minimum atomic E-state index is 0.0578. The number of nitrogens with zero attached hydrogens (tertiary/aromatic N) is 3. The first-order valence-corrected chi connectivity index (χ1v) is 10.9. The number of rotatable bonds is 9. The van der Waals surface area contributed by atoms with Crippen molar-refractivity contribution < 1.29 is 5.11 Å². The van der Waals surface area contributed by atoms with Crippen LogP contribution in [0.25, 0.3) is 0 Å². The summed E-state index contributed by atoms with van der Waals surface area (Å²) in [6.45, 7) is 8.07. The first-order valence-electron chi connectivity index (χ1n) is 10.9. The summed E-state index contributed by atoms with van der Waals surface area (Å²) >= 11 is 0. The van der Waals surface area contributed by atoms with E-state index >= 15 is 0 Å². The molecule has 2 aromatic rings. The highest BCUT2D eigenvalue weighted by molar-refractivity contribution is 5.79. The van der Waals surface area contributed by atoms with E-state index in [-0.39, 0.29) is 12.5 Å². The molecular formula is C24H35N5O. The van der Waals surface area contributed by atoms with E-state index in [4.69, 9.17) is 0 Å². The van der Waals surface area contributed by atoms with Gasteiger partial charge in [0, 0.05) is 65.3 Å². The first kappa shape index (κ1) is 22.3. The third kappa shape index (κ3) is 7.13. The van der Waals surface area contributed by atoms with Crippen molar-refractivity contribution in [2.75, 3.05) is 59.5 Å². The second kappa shape index (κ2) is 12.3. The SMILES string of the molecule is CN=C(NCCN1CCN(Cc2ccccc2)CC1)NCC(CO)c1ccccc1. The van der Waals surface area contributed by atoms with E-state index < -0.39 is 0 Å². The molecule has 1 saturated heterocycles. The zero-order valence-corrected chi connectivity index (χ0v) is 18.0. The molecule has 0 spiro atoms. The maximum atomic E-state index is 9.71. The molecule has 0 radical (unpaired) electrons. The van der Waals surface area contributed by atoms with E-state index in [0.29, 0.717) is 6.54 Å². The number of aliphatic imine (C=N–C) groups is 1. The van der Waals surface area contributed by atoms with Crippen molar-refractivity contribution in [3.8, 4) is 0 Å². The quantitative estimate of drug-likeness (QED) is 0.435. The van der Waals surface area contributed by atoms with Gasteiger partial charge in [-0.15, -0.1) is 0 Å². The zero-order chi connectivity index (χ0) is 21.0. The average Bonchev–Trinajstić information content (AvgIpc) is 2.81. The number of guanidine groups is 1. The Kier molecular flexibility index (Phi) is 9.15. The molecule has 30 heavy (non-hydrogen) atoms. The maximum absolute atomic E-state index is 9.71. The van der Waals surface area contributed by atoms with Gasteiger partial charge in [0.1, 0.15) is 0 Å². The molecule has 0 aromatic heterocycles. The van der Waals surface area contributed by atoms with Crippen LogP contribution in [-0.2, 0) is 6.54 Å². The van der Waals surface area contributed by atoms with Gasteiger partial charge in [-0.25, -0.2) is 0 Å². The summed E-state index contributed by atoms with van der Waals surface area (Å²) in [4.78, 5) is 9.34. The molecule has 0 bridgehead atoms. The van der Waals surface area contributed by atoms with Gasteiger partial charge in [-0.1, -0.05) is 60.7 Å². The molecule has 3 N–H and O–H groups in total. The van der Waals surface area contributed by atoms with Gasteiger partial charge in [0.25, 0.3) is 0 Å². The Morgan fingerprint density at radius 1 is 0.933 bits per heavy atom. The van der Waals surface area contributed by atoms with Crippen molar-refractivity contribution in [3.05, 3.63) is 71.8 Å². The summed E-state index contributed by atoms with van der Waals surface area (Å²) in [5, 5.41) is 16.5. The van der Waals surface area contributed by atoms with E-state index in [1.165, 1.54) is 5.56 Å². The predicted octanol–water partition coefficient (Wildman–Crippen LogP) is 1.75. The molecule has 3 rings (SSSR count). The van der Waals surface area contributed by atoms with E-state index in [1.54, 1.807) is 7.05 Å². The standard InChI is InChI=1S/C24H35N5O/c1-25-24(27-18-23(20-30)22-10-6-3-7-11-22)26-12-13-28-14-16-29(17-15-28)19-21-8-4-2-5-9-21/h2-11,23,30H,12-20H2,1H3,(H2,25,26,27). The van der Waals surface area contributed by atoms with Crippen LogP contribution in [0.15, 0.2) is 65.7 Å². The van der Waals surface area contributed by atoms with Crippen molar-refractivity contribution in [2.24, 2.45) is 4.99 Å². The molecular weight excluding hydrogens is 374 g/mol. The highest BCUT2D eigenvalue weighted by Crippen LogP contribution is 2.13. The van der Waals surface area contributed by atoms with Gasteiger partial charge in [0.05, 0.1) is 6.61 Å². The van der Waals surface area contributed by atoms with E-state index in [2.05, 4.69) is 67.9 Å². The fraction of sp³-hybridized carbons (Fsp3) is 0.458. The number of nitrogens with one attached hydrogen (secondary N) is 2. The van der Waals surface area contributed by atoms with Crippen molar-refractivity contribution in [2.45, 2.75) is 12.5 Å². The highest BCUT2D eigenvalue weighted by Gasteiger charge is 2.17. The van der Waals surface area contributed by atoms with E-state index in [1.807, 2.05) is 18.2 Å². The molecule has 1 heterocycles. The second-order valence-corrected chi connectivity index (χ2v) is 7.77. The summed E-state index contributed by atoms with van der Waals surface area (Å²) in [7, 11) is 1.79. The van der Waals surface area contributed by atoms with Crippen molar-refractivity contribution in [1.82, 2.24) is 20.4 Å². The van der Waals surface area contributed by atoms with Crippen LogP contribution in [0.4, 0.5) is 0 Å². The highest BCUT2D eigenvalue weighted by atomic mass is 16.3. The van der Waals surface area contributed by atoms with Crippen LogP contribution in [0, 0.1) is 0 Å². The first-order chi connectivity index (χ1) is 14.8. The fourth-order valence-corrected chi connectivity index (χ4v) is 3.80. The Morgan fingerprint density at radius 2 is 1.57 bits per heavy atom. The molecule has 6 nitrogen and oxygen atoms in total. The Bertz CT molecular complexity index is 745.